The van der Waals surface area contributed by atoms with Crippen LogP contribution in [0.25, 0.3) is 0 Å². The predicted molar refractivity (Wildman–Crippen MR) is 154 cm³/mol. The molecule has 1 aliphatic carbocycles. The van der Waals surface area contributed by atoms with E-state index in [1.807, 2.05) is 24.9 Å². The number of hydrogen-bond donors (Lipinski definition) is 3. The second-order valence-electron chi connectivity index (χ2n) is 11.5. The van der Waals surface area contributed by atoms with E-state index in [0.717, 1.165) is 44.2 Å². The molecule has 1 aromatic carbocycles. The lowest BCUT2D eigenvalue weighted by Crippen LogP contribution is -2.58. The van der Waals surface area contributed by atoms with Crippen LogP contribution in [0.1, 0.15) is 90.0 Å². The van der Waals surface area contributed by atoms with Crippen molar-refractivity contribution in [2.75, 3.05) is 39.9 Å². The highest BCUT2D eigenvalue weighted by Gasteiger charge is 2.43. The number of carbonyl (C=O) groups excluding carboxylic acids is 2. The van der Waals surface area contributed by atoms with Crippen molar-refractivity contribution in [1.82, 2.24) is 20.9 Å². The maximum Gasteiger partial charge on any atom is 0.317 e. The molecule has 1 aromatic rings. The first-order valence-electron chi connectivity index (χ1n) is 15.2. The van der Waals surface area contributed by atoms with Crippen LogP contribution in [0, 0.1) is 17.7 Å². The Morgan fingerprint density at radius 1 is 1.15 bits per heavy atom. The lowest BCUT2D eigenvalue weighted by Gasteiger charge is -2.46. The Bertz CT molecular complexity index is 894. The van der Waals surface area contributed by atoms with Gasteiger partial charge in [-0.25, -0.2) is 9.18 Å². The fourth-order valence-corrected chi connectivity index (χ4v) is 6.75. The molecule has 2 fully saturated rings. The number of urea groups is 1. The molecule has 0 aromatic heterocycles. The zero-order chi connectivity index (χ0) is 28.1. The molecule has 2 aliphatic rings. The van der Waals surface area contributed by atoms with Gasteiger partial charge in [0, 0.05) is 51.7 Å². The third kappa shape index (κ3) is 9.45. The molecule has 3 atom stereocenters. The Morgan fingerprint density at radius 2 is 1.95 bits per heavy atom. The number of unbranched alkanes of at least 4 members (excludes halogenated alkanes) is 1. The number of benzene rings is 1. The first kappa shape index (κ1) is 31.3. The van der Waals surface area contributed by atoms with Gasteiger partial charge in [-0.1, -0.05) is 44.2 Å². The molecule has 1 aliphatic heterocycles. The normalized spacial score (nSPS) is 20.7. The summed E-state index contributed by atoms with van der Waals surface area (Å²) < 4.78 is 20.0. The van der Waals surface area contributed by atoms with Crippen LogP contribution >= 0.6 is 0 Å². The summed E-state index contributed by atoms with van der Waals surface area (Å²) in [5, 5.41) is 9.84. The van der Waals surface area contributed by atoms with Crippen LogP contribution < -0.4 is 16.0 Å². The number of ether oxygens (including phenoxy) is 1. The summed E-state index contributed by atoms with van der Waals surface area (Å²) in [6.07, 6.45) is 11.4. The molecule has 3 N–H and O–H groups in total. The van der Waals surface area contributed by atoms with Gasteiger partial charge in [-0.3, -0.25) is 4.79 Å². The van der Waals surface area contributed by atoms with Gasteiger partial charge in [0.15, 0.2) is 0 Å². The van der Waals surface area contributed by atoms with Crippen molar-refractivity contribution in [3.8, 4) is 0 Å². The highest BCUT2D eigenvalue weighted by molar-refractivity contribution is 5.75. The third-order valence-electron chi connectivity index (χ3n) is 8.58. The minimum Gasteiger partial charge on any atom is -0.382 e. The summed E-state index contributed by atoms with van der Waals surface area (Å²) in [6.45, 7) is 6.77. The number of amides is 3. The molecule has 0 spiro atoms. The van der Waals surface area contributed by atoms with Crippen molar-refractivity contribution in [1.29, 1.82) is 0 Å². The summed E-state index contributed by atoms with van der Waals surface area (Å²) >= 11 is 0. The number of piperidine rings is 1. The van der Waals surface area contributed by atoms with Crippen LogP contribution in [0.3, 0.4) is 0 Å². The highest BCUT2D eigenvalue weighted by Crippen LogP contribution is 2.40. The van der Waals surface area contributed by atoms with Gasteiger partial charge in [0.2, 0.25) is 5.91 Å². The topological polar surface area (TPSA) is 82.7 Å². The van der Waals surface area contributed by atoms with Crippen molar-refractivity contribution in [2.45, 2.75) is 96.1 Å². The molecule has 7 nitrogen and oxygen atoms in total. The zero-order valence-electron chi connectivity index (χ0n) is 24.4. The van der Waals surface area contributed by atoms with Gasteiger partial charge >= 0.3 is 6.03 Å². The Labute approximate surface area is 235 Å². The van der Waals surface area contributed by atoms with Crippen molar-refractivity contribution >= 4 is 11.9 Å². The van der Waals surface area contributed by atoms with Crippen molar-refractivity contribution < 1.29 is 18.7 Å². The predicted octanol–water partition coefficient (Wildman–Crippen LogP) is 5.34. The minimum absolute atomic E-state index is 0.0316. The number of likely N-dealkylation sites (N-methyl/N-ethyl adjacent to an activating group) is 1. The summed E-state index contributed by atoms with van der Waals surface area (Å²) in [5.41, 5.74) is 0.0118. The maximum absolute atomic E-state index is 14.5. The number of carbonyl (C=O) groups is 2. The number of likely N-dealkylation sites (tertiary alicyclic amines) is 1. The lowest BCUT2D eigenvalue weighted by molar-refractivity contribution is -0.122. The summed E-state index contributed by atoms with van der Waals surface area (Å²) in [5.74, 6) is 0.172. The molecule has 3 rings (SSSR count). The zero-order valence-corrected chi connectivity index (χ0v) is 24.4. The second-order valence-corrected chi connectivity index (χ2v) is 11.5. The van der Waals surface area contributed by atoms with E-state index >= 15 is 0 Å². The fourth-order valence-electron chi connectivity index (χ4n) is 6.75. The van der Waals surface area contributed by atoms with E-state index in [9.17, 15) is 14.0 Å². The Balaban J connectivity index is 1.78. The number of nitrogens with one attached hydrogen (secondary N) is 3. The van der Waals surface area contributed by atoms with Crippen LogP contribution in [0.5, 0.6) is 0 Å². The van der Waals surface area contributed by atoms with Gasteiger partial charge < -0.3 is 25.6 Å². The molecular weight excluding hydrogens is 495 g/mol. The molecule has 8 heteroatoms. The van der Waals surface area contributed by atoms with E-state index in [2.05, 4.69) is 16.0 Å². The molecule has 0 bridgehead atoms. The Morgan fingerprint density at radius 3 is 2.64 bits per heavy atom. The van der Waals surface area contributed by atoms with Crippen LogP contribution in [0.15, 0.2) is 24.3 Å². The first-order chi connectivity index (χ1) is 18.9. The molecule has 220 valence electrons. The quantitative estimate of drug-likeness (QED) is 0.275. The second kappa shape index (κ2) is 16.2. The standard InChI is InChI=1S/C31H51FN4O3/c1-4-39-19-9-8-17-31(35-24(2)37,26-14-10-16-28(32)21-26)27-15-11-18-36(23-27)30(38)34-29(22-33-3)20-25-12-6-5-7-13-25/h10,14,16,21,25,27,29,33H,4-9,11-13,15,17-20,22-23H2,1-3H3,(H,34,38)(H,35,37)/t27-,29?,31-/m1/s1. The van der Waals surface area contributed by atoms with Crippen molar-refractivity contribution in [3.05, 3.63) is 35.6 Å². The molecule has 1 heterocycles. The van der Waals surface area contributed by atoms with Crippen molar-refractivity contribution in [3.63, 3.8) is 0 Å². The number of nitrogens with zero attached hydrogens (tertiary/aromatic N) is 1. The summed E-state index contributed by atoms with van der Waals surface area (Å²) in [7, 11) is 1.93. The largest absolute Gasteiger partial charge is 0.382 e. The van der Waals surface area contributed by atoms with Gasteiger partial charge in [0.25, 0.3) is 0 Å². The summed E-state index contributed by atoms with van der Waals surface area (Å²) in [4.78, 5) is 28.1. The van der Waals surface area contributed by atoms with Crippen LogP contribution in [0.2, 0.25) is 0 Å². The molecule has 1 unspecified atom stereocenters. The number of rotatable bonds is 14. The van der Waals surface area contributed by atoms with Crippen LogP contribution in [0.4, 0.5) is 9.18 Å². The fraction of sp³-hybridized carbons (Fsp3) is 0.742. The Kier molecular flexibility index (Phi) is 13.0. The smallest absolute Gasteiger partial charge is 0.317 e. The van der Waals surface area contributed by atoms with E-state index in [0.29, 0.717) is 38.6 Å². The first-order valence-corrected chi connectivity index (χ1v) is 15.2. The van der Waals surface area contributed by atoms with E-state index in [1.165, 1.54) is 45.1 Å². The minimum atomic E-state index is -0.758. The molecule has 3 amide bonds. The van der Waals surface area contributed by atoms with Crippen LogP contribution in [-0.4, -0.2) is 62.8 Å². The molecule has 1 saturated heterocycles. The molecule has 39 heavy (non-hydrogen) atoms. The monoisotopic (exact) mass is 546 g/mol. The van der Waals surface area contributed by atoms with E-state index in [-0.39, 0.29) is 29.7 Å². The van der Waals surface area contributed by atoms with Crippen molar-refractivity contribution in [2.24, 2.45) is 11.8 Å². The molecule has 1 saturated carbocycles. The number of hydrogen-bond acceptors (Lipinski definition) is 4. The van der Waals surface area contributed by atoms with Gasteiger partial charge in [-0.2, -0.15) is 0 Å². The van der Waals surface area contributed by atoms with Gasteiger partial charge in [-0.05, 0) is 76.1 Å². The average Bonchev–Trinajstić information content (AvgIpc) is 2.93. The lowest BCUT2D eigenvalue weighted by atomic mass is 9.71. The molecular formula is C31H51FN4O3. The van der Waals surface area contributed by atoms with E-state index in [1.54, 1.807) is 12.1 Å². The summed E-state index contributed by atoms with van der Waals surface area (Å²) in [6, 6.07) is 6.66. The van der Waals surface area contributed by atoms with Gasteiger partial charge in [0.1, 0.15) is 5.82 Å². The highest BCUT2D eigenvalue weighted by atomic mass is 19.1. The SMILES string of the molecule is CCOCCCC[C@@](NC(C)=O)(c1cccc(F)c1)[C@@H]1CCCN(C(=O)NC(CNC)CC2CCCCC2)C1. The van der Waals surface area contributed by atoms with Crippen LogP contribution in [-0.2, 0) is 15.1 Å². The Hall–Kier alpha value is -2.19. The molecule has 0 radical (unpaired) electrons. The number of halogens is 1. The van der Waals surface area contributed by atoms with E-state index < -0.39 is 5.54 Å². The van der Waals surface area contributed by atoms with E-state index in [4.69, 9.17) is 4.74 Å². The van der Waals surface area contributed by atoms with Gasteiger partial charge in [0.05, 0.1) is 5.54 Å². The maximum atomic E-state index is 14.5. The van der Waals surface area contributed by atoms with Gasteiger partial charge in [-0.15, -0.1) is 0 Å². The average molecular weight is 547 g/mol. The third-order valence-corrected chi connectivity index (χ3v) is 8.58.